The highest BCUT2D eigenvalue weighted by atomic mass is 35.5. The minimum atomic E-state index is -0.371. The first-order chi connectivity index (χ1) is 11.6. The van der Waals surface area contributed by atoms with Crippen molar-refractivity contribution in [3.63, 3.8) is 0 Å². The molecule has 0 radical (unpaired) electrons. The highest BCUT2D eigenvalue weighted by molar-refractivity contribution is 6.34. The topological polar surface area (TPSA) is 76.7 Å². The third-order valence-electron chi connectivity index (χ3n) is 3.51. The van der Waals surface area contributed by atoms with E-state index in [4.69, 9.17) is 21.1 Å². The molecule has 3 rings (SSSR count). The van der Waals surface area contributed by atoms with Crippen LogP contribution in [-0.2, 0) is 0 Å². The predicted molar refractivity (Wildman–Crippen MR) is 90.2 cm³/mol. The van der Waals surface area contributed by atoms with Gasteiger partial charge in [-0.05, 0) is 30.3 Å². The number of anilines is 1. The summed E-state index contributed by atoms with van der Waals surface area (Å²) in [5.74, 6) is 0.455. The third kappa shape index (κ3) is 3.28. The Balaban J connectivity index is 1.78. The van der Waals surface area contributed by atoms with Crippen molar-refractivity contribution in [3.05, 3.63) is 52.5 Å². The van der Waals surface area contributed by atoms with Gasteiger partial charge in [0.25, 0.3) is 11.8 Å². The van der Waals surface area contributed by atoms with Crippen molar-refractivity contribution in [2.75, 3.05) is 25.6 Å². The predicted octanol–water partition coefficient (Wildman–Crippen LogP) is 2.72. The van der Waals surface area contributed by atoms with Crippen LogP contribution in [0.4, 0.5) is 5.69 Å². The lowest BCUT2D eigenvalue weighted by Gasteiger charge is -2.19. The van der Waals surface area contributed by atoms with Crippen molar-refractivity contribution >= 4 is 29.1 Å². The highest BCUT2D eigenvalue weighted by Gasteiger charge is 2.19. The molecule has 124 valence electrons. The van der Waals surface area contributed by atoms with Crippen LogP contribution in [0.15, 0.2) is 36.4 Å². The Morgan fingerprint density at radius 3 is 2.25 bits per heavy atom. The number of carbonyl (C=O) groups excluding carboxylic acids is 2. The average Bonchev–Trinajstić information content (AvgIpc) is 2.61. The van der Waals surface area contributed by atoms with Crippen LogP contribution in [0.1, 0.15) is 20.7 Å². The number of rotatable bonds is 3. The zero-order valence-electron chi connectivity index (χ0n) is 12.9. The van der Waals surface area contributed by atoms with Crippen molar-refractivity contribution in [2.45, 2.75) is 0 Å². The van der Waals surface area contributed by atoms with E-state index < -0.39 is 0 Å². The van der Waals surface area contributed by atoms with Crippen LogP contribution < -0.4 is 20.1 Å². The molecular formula is C17H15ClN2O4. The van der Waals surface area contributed by atoms with E-state index in [1.807, 2.05) is 0 Å². The van der Waals surface area contributed by atoms with Gasteiger partial charge in [0.15, 0.2) is 11.5 Å². The van der Waals surface area contributed by atoms with Gasteiger partial charge in [0.2, 0.25) is 0 Å². The van der Waals surface area contributed by atoms with Crippen molar-refractivity contribution in [1.29, 1.82) is 0 Å². The maximum absolute atomic E-state index is 12.4. The quantitative estimate of drug-likeness (QED) is 0.896. The number of ether oxygens (including phenoxy) is 2. The maximum Gasteiger partial charge on any atom is 0.257 e. The van der Waals surface area contributed by atoms with Crippen molar-refractivity contribution < 1.29 is 19.1 Å². The summed E-state index contributed by atoms with van der Waals surface area (Å²) in [7, 11) is 1.56. The Morgan fingerprint density at radius 2 is 1.62 bits per heavy atom. The van der Waals surface area contributed by atoms with Crippen LogP contribution in [0.25, 0.3) is 0 Å². The molecule has 7 heteroatoms. The number of hydrogen-bond donors (Lipinski definition) is 2. The van der Waals surface area contributed by atoms with Crippen LogP contribution in [0.2, 0.25) is 5.02 Å². The van der Waals surface area contributed by atoms with E-state index in [0.717, 1.165) is 0 Å². The van der Waals surface area contributed by atoms with E-state index in [1.165, 1.54) is 0 Å². The van der Waals surface area contributed by atoms with Gasteiger partial charge < -0.3 is 20.1 Å². The summed E-state index contributed by atoms with van der Waals surface area (Å²) >= 11 is 6.16. The number of amides is 2. The minimum Gasteiger partial charge on any atom is -0.486 e. The lowest BCUT2D eigenvalue weighted by molar-refractivity contribution is 0.0962. The first-order valence-corrected chi connectivity index (χ1v) is 7.69. The number of halogens is 1. The molecule has 0 saturated heterocycles. The fourth-order valence-electron chi connectivity index (χ4n) is 2.29. The fraction of sp³-hybridized carbons (Fsp3) is 0.176. The Kier molecular flexibility index (Phi) is 4.57. The standard InChI is InChI=1S/C17H15ClN2O4/c1-19-16(21)10-2-4-11(5-3-10)20-17(22)12-8-14-15(9-13(12)18)24-7-6-23-14/h2-5,8-9H,6-7H2,1H3,(H,19,21)(H,20,22). The Hall–Kier alpha value is -2.73. The number of nitrogens with one attached hydrogen (secondary N) is 2. The molecule has 2 aromatic rings. The number of hydrogen-bond acceptors (Lipinski definition) is 4. The summed E-state index contributed by atoms with van der Waals surface area (Å²) in [5.41, 5.74) is 1.35. The maximum atomic E-state index is 12.4. The first-order valence-electron chi connectivity index (χ1n) is 7.31. The van der Waals surface area contributed by atoms with E-state index in [1.54, 1.807) is 43.4 Å². The lowest BCUT2D eigenvalue weighted by Crippen LogP contribution is -2.18. The summed E-state index contributed by atoms with van der Waals surface area (Å²) in [6.45, 7) is 0.878. The van der Waals surface area contributed by atoms with Gasteiger partial charge in [-0.3, -0.25) is 9.59 Å². The van der Waals surface area contributed by atoms with Crippen LogP contribution in [0, 0.1) is 0 Å². The Labute approximate surface area is 143 Å². The molecule has 0 aliphatic carbocycles. The highest BCUT2D eigenvalue weighted by Crippen LogP contribution is 2.35. The number of benzene rings is 2. The summed E-state index contributed by atoms with van der Waals surface area (Å²) < 4.78 is 10.9. The van der Waals surface area contributed by atoms with Crippen LogP contribution >= 0.6 is 11.6 Å². The molecule has 1 aliphatic heterocycles. The van der Waals surface area contributed by atoms with Crippen LogP contribution in [0.3, 0.4) is 0 Å². The molecule has 24 heavy (non-hydrogen) atoms. The van der Waals surface area contributed by atoms with Gasteiger partial charge in [-0.2, -0.15) is 0 Å². The van der Waals surface area contributed by atoms with E-state index in [2.05, 4.69) is 10.6 Å². The molecule has 6 nitrogen and oxygen atoms in total. The number of fused-ring (bicyclic) bond motifs is 1. The molecule has 0 unspecified atom stereocenters. The van der Waals surface area contributed by atoms with Gasteiger partial charge in [0, 0.05) is 24.4 Å². The number of carbonyl (C=O) groups is 2. The van der Waals surface area contributed by atoms with Crippen LogP contribution in [0.5, 0.6) is 11.5 Å². The van der Waals surface area contributed by atoms with Gasteiger partial charge >= 0.3 is 0 Å². The molecule has 0 fully saturated rings. The molecule has 1 heterocycles. The van der Waals surface area contributed by atoms with Gasteiger partial charge in [-0.25, -0.2) is 0 Å². The molecule has 0 atom stereocenters. The molecule has 2 aromatic carbocycles. The molecule has 0 spiro atoms. The normalized spacial score (nSPS) is 12.4. The van der Waals surface area contributed by atoms with E-state index in [9.17, 15) is 9.59 Å². The van der Waals surface area contributed by atoms with E-state index in [-0.39, 0.29) is 22.4 Å². The molecule has 0 bridgehead atoms. The molecule has 0 aromatic heterocycles. The van der Waals surface area contributed by atoms with Crippen molar-refractivity contribution in [1.82, 2.24) is 5.32 Å². The average molecular weight is 347 g/mol. The van der Waals surface area contributed by atoms with E-state index in [0.29, 0.717) is 36.0 Å². The van der Waals surface area contributed by atoms with Gasteiger partial charge in [-0.1, -0.05) is 11.6 Å². The molecule has 1 aliphatic rings. The smallest absolute Gasteiger partial charge is 0.257 e. The zero-order valence-corrected chi connectivity index (χ0v) is 13.6. The Bertz CT molecular complexity index is 790. The largest absolute Gasteiger partial charge is 0.486 e. The fourth-order valence-corrected chi connectivity index (χ4v) is 2.53. The lowest BCUT2D eigenvalue weighted by atomic mass is 10.1. The summed E-state index contributed by atoms with van der Waals surface area (Å²) in [5, 5.41) is 5.55. The van der Waals surface area contributed by atoms with E-state index >= 15 is 0 Å². The minimum absolute atomic E-state index is 0.192. The van der Waals surface area contributed by atoms with Gasteiger partial charge in [0.05, 0.1) is 10.6 Å². The van der Waals surface area contributed by atoms with Crippen LogP contribution in [-0.4, -0.2) is 32.1 Å². The second-order valence-corrected chi connectivity index (χ2v) is 5.49. The molecule has 2 amide bonds. The van der Waals surface area contributed by atoms with Gasteiger partial charge in [-0.15, -0.1) is 0 Å². The second kappa shape index (κ2) is 6.80. The summed E-state index contributed by atoms with van der Waals surface area (Å²) in [6.07, 6.45) is 0. The van der Waals surface area contributed by atoms with Crippen molar-refractivity contribution in [2.24, 2.45) is 0 Å². The van der Waals surface area contributed by atoms with Gasteiger partial charge in [0.1, 0.15) is 13.2 Å². The molecule has 2 N–H and O–H groups in total. The Morgan fingerprint density at radius 1 is 1.00 bits per heavy atom. The SMILES string of the molecule is CNC(=O)c1ccc(NC(=O)c2cc3c(cc2Cl)OCCO3)cc1. The first kappa shape index (κ1) is 16.1. The second-order valence-electron chi connectivity index (χ2n) is 5.09. The van der Waals surface area contributed by atoms with Crippen molar-refractivity contribution in [3.8, 4) is 11.5 Å². The summed E-state index contributed by atoms with van der Waals surface area (Å²) in [6, 6.07) is 9.67. The zero-order chi connectivity index (χ0) is 17.1. The summed E-state index contributed by atoms with van der Waals surface area (Å²) in [4.78, 5) is 23.9. The molecule has 0 saturated carbocycles. The third-order valence-corrected chi connectivity index (χ3v) is 3.82. The monoisotopic (exact) mass is 346 g/mol. The molecular weight excluding hydrogens is 332 g/mol.